The Bertz CT molecular complexity index is 926. The fourth-order valence-corrected chi connectivity index (χ4v) is 3.61. The van der Waals surface area contributed by atoms with E-state index < -0.39 is 6.03 Å². The minimum Gasteiger partial charge on any atom is -0.497 e. The lowest BCUT2D eigenvalue weighted by molar-refractivity contribution is -0.121. The molecule has 4 rings (SSSR count). The van der Waals surface area contributed by atoms with Gasteiger partial charge in [-0.05, 0) is 36.4 Å². The molecule has 2 N–H and O–H groups in total. The Hall–Kier alpha value is -3.46. The molecular formula is C22H26N4O5. The lowest BCUT2D eigenvalue weighted by atomic mass is 10.2. The number of imide groups is 1. The fourth-order valence-electron chi connectivity index (χ4n) is 3.61. The highest BCUT2D eigenvalue weighted by Gasteiger charge is 2.20. The van der Waals surface area contributed by atoms with Gasteiger partial charge in [-0.2, -0.15) is 0 Å². The fraction of sp³-hybridized carbons (Fsp3) is 0.364. The third kappa shape index (κ3) is 5.37. The van der Waals surface area contributed by atoms with Gasteiger partial charge < -0.3 is 24.4 Å². The van der Waals surface area contributed by atoms with Gasteiger partial charge in [0.2, 0.25) is 5.91 Å². The van der Waals surface area contributed by atoms with Crippen LogP contribution in [0.15, 0.2) is 42.5 Å². The van der Waals surface area contributed by atoms with Crippen molar-refractivity contribution in [2.45, 2.75) is 0 Å². The standard InChI is InChI=1S/C22H26N4O5/c1-29-18-5-3-17(4-6-18)26-10-8-25(9-11-26)15-21(27)24-22(28)23-16-2-7-19-20(14-16)31-13-12-30-19/h2-7,14H,8-13,15H2,1H3,(H2,23,24,27,28). The third-order valence-corrected chi connectivity index (χ3v) is 5.23. The highest BCUT2D eigenvalue weighted by Crippen LogP contribution is 2.32. The summed E-state index contributed by atoms with van der Waals surface area (Å²) >= 11 is 0. The molecule has 1 saturated heterocycles. The van der Waals surface area contributed by atoms with Crippen LogP contribution in [0.4, 0.5) is 16.2 Å². The minimum absolute atomic E-state index is 0.172. The number of fused-ring (bicyclic) bond motifs is 1. The zero-order valence-corrected chi connectivity index (χ0v) is 17.4. The Morgan fingerprint density at radius 2 is 1.68 bits per heavy atom. The topological polar surface area (TPSA) is 92.4 Å². The summed E-state index contributed by atoms with van der Waals surface area (Å²) in [5.74, 6) is 1.70. The van der Waals surface area contributed by atoms with Crippen LogP contribution in [-0.4, -0.2) is 69.9 Å². The number of ether oxygens (including phenoxy) is 3. The van der Waals surface area contributed by atoms with Crippen LogP contribution in [0.1, 0.15) is 0 Å². The first-order valence-corrected chi connectivity index (χ1v) is 10.2. The van der Waals surface area contributed by atoms with Crippen LogP contribution >= 0.6 is 0 Å². The van der Waals surface area contributed by atoms with E-state index in [1.165, 1.54) is 0 Å². The van der Waals surface area contributed by atoms with Crippen molar-refractivity contribution in [3.63, 3.8) is 0 Å². The van der Waals surface area contributed by atoms with E-state index in [4.69, 9.17) is 14.2 Å². The number of amides is 3. The van der Waals surface area contributed by atoms with E-state index in [-0.39, 0.29) is 12.5 Å². The molecule has 9 nitrogen and oxygen atoms in total. The van der Waals surface area contributed by atoms with Gasteiger partial charge in [0.05, 0.1) is 13.7 Å². The molecule has 31 heavy (non-hydrogen) atoms. The van der Waals surface area contributed by atoms with Crippen molar-refractivity contribution < 1.29 is 23.8 Å². The molecular weight excluding hydrogens is 400 g/mol. The van der Waals surface area contributed by atoms with E-state index in [0.717, 1.165) is 37.6 Å². The number of methoxy groups -OCH3 is 1. The van der Waals surface area contributed by atoms with Crippen LogP contribution < -0.4 is 29.7 Å². The van der Waals surface area contributed by atoms with Crippen LogP contribution in [0.5, 0.6) is 17.2 Å². The van der Waals surface area contributed by atoms with Gasteiger partial charge in [-0.3, -0.25) is 15.0 Å². The Morgan fingerprint density at radius 3 is 2.39 bits per heavy atom. The third-order valence-electron chi connectivity index (χ3n) is 5.23. The van der Waals surface area contributed by atoms with Crippen molar-refractivity contribution in [3.05, 3.63) is 42.5 Å². The van der Waals surface area contributed by atoms with E-state index in [9.17, 15) is 9.59 Å². The molecule has 9 heteroatoms. The number of benzene rings is 2. The van der Waals surface area contributed by atoms with Gasteiger partial charge in [0.1, 0.15) is 19.0 Å². The summed E-state index contributed by atoms with van der Waals surface area (Å²) in [6.07, 6.45) is 0. The molecule has 0 spiro atoms. The molecule has 0 aromatic heterocycles. The number of hydrogen-bond donors (Lipinski definition) is 2. The van der Waals surface area contributed by atoms with Gasteiger partial charge in [0.15, 0.2) is 11.5 Å². The van der Waals surface area contributed by atoms with Crippen LogP contribution in [0.25, 0.3) is 0 Å². The molecule has 2 aromatic rings. The number of piperazine rings is 1. The number of rotatable bonds is 5. The van der Waals surface area contributed by atoms with Crippen molar-refractivity contribution in [2.24, 2.45) is 0 Å². The average Bonchev–Trinajstić information content (AvgIpc) is 2.79. The van der Waals surface area contributed by atoms with Crippen LogP contribution in [0, 0.1) is 0 Å². The van der Waals surface area contributed by atoms with Crippen molar-refractivity contribution in [1.29, 1.82) is 0 Å². The molecule has 2 aliphatic heterocycles. The Morgan fingerprint density at radius 1 is 0.968 bits per heavy atom. The Balaban J connectivity index is 1.21. The molecule has 3 amide bonds. The number of hydrogen-bond acceptors (Lipinski definition) is 7. The maximum absolute atomic E-state index is 12.3. The zero-order valence-electron chi connectivity index (χ0n) is 17.4. The van der Waals surface area contributed by atoms with Gasteiger partial charge >= 0.3 is 6.03 Å². The first-order chi connectivity index (χ1) is 15.1. The van der Waals surface area contributed by atoms with Crippen molar-refractivity contribution >= 4 is 23.3 Å². The second-order valence-electron chi connectivity index (χ2n) is 7.32. The van der Waals surface area contributed by atoms with Gasteiger partial charge in [0.25, 0.3) is 0 Å². The summed E-state index contributed by atoms with van der Waals surface area (Å²) < 4.78 is 16.2. The maximum Gasteiger partial charge on any atom is 0.325 e. The number of carbonyl (C=O) groups is 2. The predicted octanol–water partition coefficient (Wildman–Crippen LogP) is 1.94. The van der Waals surface area contributed by atoms with Gasteiger partial charge in [-0.1, -0.05) is 0 Å². The molecule has 1 fully saturated rings. The normalized spacial score (nSPS) is 15.8. The second kappa shape index (κ2) is 9.57. The van der Waals surface area contributed by atoms with E-state index in [2.05, 4.69) is 15.5 Å². The largest absolute Gasteiger partial charge is 0.497 e. The van der Waals surface area contributed by atoms with Crippen molar-refractivity contribution in [3.8, 4) is 17.2 Å². The van der Waals surface area contributed by atoms with E-state index in [0.29, 0.717) is 30.4 Å². The van der Waals surface area contributed by atoms with Crippen molar-refractivity contribution in [2.75, 3.05) is 63.3 Å². The summed E-state index contributed by atoms with van der Waals surface area (Å²) in [5, 5.41) is 5.04. The Labute approximate surface area is 180 Å². The number of nitrogens with zero attached hydrogens (tertiary/aromatic N) is 2. The summed E-state index contributed by atoms with van der Waals surface area (Å²) in [6, 6.07) is 12.5. The number of anilines is 2. The van der Waals surface area contributed by atoms with Gasteiger partial charge in [-0.25, -0.2) is 4.79 Å². The molecule has 0 unspecified atom stereocenters. The molecule has 2 aromatic carbocycles. The second-order valence-corrected chi connectivity index (χ2v) is 7.32. The molecule has 0 aliphatic carbocycles. The molecule has 0 saturated carbocycles. The quantitative estimate of drug-likeness (QED) is 0.755. The summed E-state index contributed by atoms with van der Waals surface area (Å²) in [5.41, 5.74) is 1.66. The zero-order chi connectivity index (χ0) is 21.6. The lowest BCUT2D eigenvalue weighted by Gasteiger charge is -2.35. The summed E-state index contributed by atoms with van der Waals surface area (Å²) in [7, 11) is 1.65. The molecule has 164 valence electrons. The molecule has 2 heterocycles. The number of urea groups is 1. The first kappa shape index (κ1) is 20.8. The monoisotopic (exact) mass is 426 g/mol. The molecule has 0 bridgehead atoms. The SMILES string of the molecule is COc1ccc(N2CCN(CC(=O)NC(=O)Nc3ccc4c(c3)OCCO4)CC2)cc1. The average molecular weight is 426 g/mol. The summed E-state index contributed by atoms with van der Waals surface area (Å²) in [4.78, 5) is 28.8. The van der Waals surface area contributed by atoms with E-state index >= 15 is 0 Å². The smallest absolute Gasteiger partial charge is 0.325 e. The maximum atomic E-state index is 12.3. The summed E-state index contributed by atoms with van der Waals surface area (Å²) in [6.45, 7) is 4.24. The van der Waals surface area contributed by atoms with Crippen molar-refractivity contribution in [1.82, 2.24) is 10.2 Å². The van der Waals surface area contributed by atoms with E-state index in [1.54, 1.807) is 25.3 Å². The number of carbonyl (C=O) groups excluding carboxylic acids is 2. The molecule has 2 aliphatic rings. The van der Waals surface area contributed by atoms with Crippen LogP contribution in [0.3, 0.4) is 0 Å². The minimum atomic E-state index is -0.571. The first-order valence-electron chi connectivity index (χ1n) is 10.2. The van der Waals surface area contributed by atoms with Gasteiger partial charge in [0, 0.05) is 43.6 Å². The molecule has 0 atom stereocenters. The highest BCUT2D eigenvalue weighted by atomic mass is 16.6. The lowest BCUT2D eigenvalue weighted by Crippen LogP contribution is -2.50. The number of nitrogens with one attached hydrogen (secondary N) is 2. The molecule has 0 radical (unpaired) electrons. The van der Waals surface area contributed by atoms with E-state index in [1.807, 2.05) is 29.2 Å². The van der Waals surface area contributed by atoms with Crippen LogP contribution in [0.2, 0.25) is 0 Å². The van der Waals surface area contributed by atoms with Gasteiger partial charge in [-0.15, -0.1) is 0 Å². The Kier molecular flexibility index (Phi) is 6.42. The predicted molar refractivity (Wildman–Crippen MR) is 116 cm³/mol. The van der Waals surface area contributed by atoms with Crippen LogP contribution in [-0.2, 0) is 4.79 Å². The highest BCUT2D eigenvalue weighted by molar-refractivity contribution is 6.01.